The van der Waals surface area contributed by atoms with Gasteiger partial charge in [0.1, 0.15) is 17.3 Å². The number of halogens is 1. The van der Waals surface area contributed by atoms with Gasteiger partial charge < -0.3 is 10.7 Å². The Morgan fingerprint density at radius 2 is 1.63 bits per heavy atom. The number of nitrogen functional groups attached to an aromatic ring is 1. The number of nitrogens with two attached hydrogens (primary N) is 1. The first-order valence-corrected chi connectivity index (χ1v) is 12.0. The van der Waals surface area contributed by atoms with Crippen LogP contribution in [0.4, 0.5) is 28.7 Å². The molecular formula is C29H19ClN7O+. The van der Waals surface area contributed by atoms with Crippen molar-refractivity contribution < 1.29 is 0 Å². The molecule has 0 saturated heterocycles. The predicted molar refractivity (Wildman–Crippen MR) is 150 cm³/mol. The Kier molecular flexibility index (Phi) is 5.57. The minimum Gasteiger partial charge on any atom is -0.384 e. The molecule has 9 heteroatoms. The minimum atomic E-state index is -0.363. The van der Waals surface area contributed by atoms with Crippen molar-refractivity contribution in [1.82, 2.24) is 19.4 Å². The number of hydrogen-bond acceptors (Lipinski definition) is 6. The largest absolute Gasteiger partial charge is 0.384 e. The Morgan fingerprint density at radius 3 is 2.34 bits per heavy atom. The smallest absolute Gasteiger partial charge is 0.283 e. The monoisotopic (exact) mass is 516 g/mol. The second-order valence-corrected chi connectivity index (χ2v) is 9.18. The van der Waals surface area contributed by atoms with E-state index in [1.54, 1.807) is 48.9 Å². The van der Waals surface area contributed by atoms with Crippen LogP contribution in [-0.2, 0) is 0 Å². The zero-order chi connectivity index (χ0) is 26.3. The number of fused-ring (bicyclic) bond motifs is 1. The number of aromatic amines is 1. The zero-order valence-electron chi connectivity index (χ0n) is 19.8. The molecule has 182 valence electrons. The second-order valence-electron chi connectivity index (χ2n) is 8.74. The van der Waals surface area contributed by atoms with Gasteiger partial charge in [0.2, 0.25) is 12.0 Å². The number of rotatable bonds is 4. The molecule has 8 nitrogen and oxygen atoms in total. The van der Waals surface area contributed by atoms with E-state index in [-0.39, 0.29) is 15.7 Å². The van der Waals surface area contributed by atoms with Crippen LogP contribution in [0.3, 0.4) is 0 Å². The van der Waals surface area contributed by atoms with Gasteiger partial charge in [-0.15, -0.1) is 0 Å². The number of pyridine rings is 1. The number of nitrogens with zero attached hydrogens (tertiary/aromatic N) is 5. The van der Waals surface area contributed by atoms with Crippen molar-refractivity contribution in [1.29, 1.82) is 5.26 Å². The number of nitriles is 1. The predicted octanol–water partition coefficient (Wildman–Crippen LogP) is 6.25. The molecule has 1 atom stereocenters. The molecule has 5 aromatic rings. The van der Waals surface area contributed by atoms with Crippen LogP contribution in [0.2, 0.25) is 5.02 Å². The lowest BCUT2D eigenvalue weighted by Gasteiger charge is -2.29. The Labute approximate surface area is 222 Å². The van der Waals surface area contributed by atoms with Gasteiger partial charge in [-0.2, -0.15) is 19.7 Å². The highest BCUT2D eigenvalue weighted by Crippen LogP contribution is 2.48. The fourth-order valence-corrected chi connectivity index (χ4v) is 4.67. The van der Waals surface area contributed by atoms with Gasteiger partial charge in [0.15, 0.2) is 5.69 Å². The van der Waals surface area contributed by atoms with E-state index in [2.05, 4.69) is 21.0 Å². The number of benzene rings is 3. The van der Waals surface area contributed by atoms with Crippen molar-refractivity contribution >= 4 is 46.6 Å². The van der Waals surface area contributed by atoms with Crippen LogP contribution in [-0.4, -0.2) is 21.3 Å². The highest BCUT2D eigenvalue weighted by molar-refractivity contribution is 6.30. The normalized spacial score (nSPS) is 15.7. The third-order valence-corrected chi connectivity index (χ3v) is 6.72. The van der Waals surface area contributed by atoms with Crippen molar-refractivity contribution in [2.75, 3.05) is 5.73 Å². The van der Waals surface area contributed by atoms with Crippen molar-refractivity contribution in [3.63, 3.8) is 0 Å². The topological polar surface area (TPSA) is 121 Å². The van der Waals surface area contributed by atoms with Crippen molar-refractivity contribution in [3.05, 3.63) is 112 Å². The van der Waals surface area contributed by atoms with Crippen LogP contribution in [0.15, 0.2) is 101 Å². The number of nitrogens with one attached hydrogen (secondary N) is 1. The number of hydrogen-bond donors (Lipinski definition) is 2. The van der Waals surface area contributed by atoms with E-state index >= 15 is 0 Å². The maximum atomic E-state index is 13.2. The van der Waals surface area contributed by atoms with Crippen molar-refractivity contribution in [2.45, 2.75) is 0 Å². The molecule has 3 heterocycles. The van der Waals surface area contributed by atoms with Gasteiger partial charge in [0.05, 0.1) is 11.6 Å². The minimum absolute atomic E-state index is 0.0753. The van der Waals surface area contributed by atoms with Crippen LogP contribution in [0.5, 0.6) is 0 Å². The van der Waals surface area contributed by atoms with Gasteiger partial charge in [0.25, 0.3) is 11.4 Å². The molecular weight excluding hydrogens is 498 g/mol. The lowest BCUT2D eigenvalue weighted by molar-refractivity contribution is 0.757. The van der Waals surface area contributed by atoms with E-state index in [1.165, 1.54) is 0 Å². The van der Waals surface area contributed by atoms with E-state index in [0.717, 1.165) is 22.4 Å². The Bertz CT molecular complexity index is 1810. The molecule has 38 heavy (non-hydrogen) atoms. The van der Waals surface area contributed by atoms with Gasteiger partial charge in [-0.3, -0.25) is 4.79 Å². The van der Waals surface area contributed by atoms with Gasteiger partial charge >= 0.3 is 0 Å². The lowest BCUT2D eigenvalue weighted by atomic mass is 10.1. The maximum Gasteiger partial charge on any atom is 0.283 e. The van der Waals surface area contributed by atoms with Gasteiger partial charge in [-0.05, 0) is 35.9 Å². The fraction of sp³-hybridized carbons (Fsp3) is 0. The highest BCUT2D eigenvalue weighted by Gasteiger charge is 2.45. The van der Waals surface area contributed by atoms with E-state index < -0.39 is 0 Å². The summed E-state index contributed by atoms with van der Waals surface area (Å²) in [5.74, 6) is 1.28. The summed E-state index contributed by atoms with van der Waals surface area (Å²) in [6.45, 7) is 0. The first-order valence-electron chi connectivity index (χ1n) is 11.7. The summed E-state index contributed by atoms with van der Waals surface area (Å²) >= 11 is 6.19. The van der Waals surface area contributed by atoms with Gasteiger partial charge in [-0.1, -0.05) is 41.9 Å². The molecule has 0 radical (unpaired) electrons. The molecule has 0 bridgehead atoms. The molecule has 1 aliphatic heterocycles. The Balaban J connectivity index is 1.52. The first kappa shape index (κ1) is 23.3. The molecule has 0 saturated carbocycles. The standard InChI is InChI=1S/C29H18ClN7O/c30-22-9-11-23(12-10-22)37(24-3-1-2-18(14-24)15-31)17-34-26-28(37)35-27(36-29(26)38)20-6-4-19(5-7-20)21-8-13-25(32)33-16-21/h1-14,16-17H,(H2-,32,33,35,36,38)/p+1. The second kappa shape index (κ2) is 9.09. The van der Waals surface area contributed by atoms with Crippen LogP contribution in [0, 0.1) is 11.3 Å². The third-order valence-electron chi connectivity index (χ3n) is 6.47. The quantitative estimate of drug-likeness (QED) is 0.273. The summed E-state index contributed by atoms with van der Waals surface area (Å²) in [6, 6.07) is 27.9. The SMILES string of the molecule is N#Cc1cccc([N+]2(c3ccc(Cl)cc3)C=Nc3c2nc(-c2ccc(-c4ccc(N)nc4)cc2)[nH]c3=O)c1. The lowest BCUT2D eigenvalue weighted by Crippen LogP contribution is -2.36. The Hall–Kier alpha value is -5.10. The molecule has 0 aliphatic carbocycles. The van der Waals surface area contributed by atoms with Crippen molar-refractivity contribution in [2.24, 2.45) is 4.99 Å². The summed E-state index contributed by atoms with van der Waals surface area (Å²) in [5, 5.41) is 10.1. The van der Waals surface area contributed by atoms with Crippen molar-refractivity contribution in [3.8, 4) is 28.6 Å². The van der Waals surface area contributed by atoms with Gasteiger partial charge in [-0.25, -0.2) is 4.98 Å². The molecule has 1 aliphatic rings. The zero-order valence-corrected chi connectivity index (χ0v) is 20.6. The highest BCUT2D eigenvalue weighted by atomic mass is 35.5. The summed E-state index contributed by atoms with van der Waals surface area (Å²) in [4.78, 5) is 29.7. The van der Waals surface area contributed by atoms with E-state index in [1.807, 2.05) is 48.5 Å². The summed E-state index contributed by atoms with van der Waals surface area (Å²) in [6.07, 6.45) is 3.37. The average molecular weight is 517 g/mol. The van der Waals surface area contributed by atoms with Crippen LogP contribution in [0.25, 0.3) is 22.5 Å². The van der Waals surface area contributed by atoms with Gasteiger partial charge in [0, 0.05) is 46.6 Å². The third kappa shape index (κ3) is 3.83. The summed E-state index contributed by atoms with van der Waals surface area (Å²) < 4.78 is -0.0753. The van der Waals surface area contributed by atoms with Crippen LogP contribution < -0.4 is 15.8 Å². The fourth-order valence-electron chi connectivity index (χ4n) is 4.55. The van der Waals surface area contributed by atoms with Crippen LogP contribution in [0.1, 0.15) is 5.56 Å². The molecule has 0 fully saturated rings. The molecule has 2 aromatic heterocycles. The molecule has 0 spiro atoms. The van der Waals surface area contributed by atoms with E-state index in [4.69, 9.17) is 22.3 Å². The first-order chi connectivity index (χ1) is 18.5. The molecule has 0 amide bonds. The van der Waals surface area contributed by atoms with Crippen LogP contribution >= 0.6 is 11.6 Å². The average Bonchev–Trinajstić information content (AvgIpc) is 3.35. The molecule has 6 rings (SSSR count). The number of anilines is 1. The number of aromatic nitrogens is 3. The summed E-state index contributed by atoms with van der Waals surface area (Å²) in [7, 11) is 0. The molecule has 1 unspecified atom stereocenters. The Morgan fingerprint density at radius 1 is 0.895 bits per heavy atom. The summed E-state index contributed by atoms with van der Waals surface area (Å²) in [5.41, 5.74) is 10.1. The number of H-pyrrole nitrogens is 1. The molecule has 3 N–H and O–H groups in total. The molecule has 3 aromatic carbocycles. The van der Waals surface area contributed by atoms with E-state index in [0.29, 0.717) is 33.7 Å². The maximum absolute atomic E-state index is 13.2. The number of quaternary nitrogens is 1. The number of aliphatic imine (C=N–C) groups is 1. The van der Waals surface area contributed by atoms with E-state index in [9.17, 15) is 10.1 Å².